The highest BCUT2D eigenvalue weighted by Crippen LogP contribution is 2.19. The molecule has 0 aliphatic carbocycles. The van der Waals surface area contributed by atoms with E-state index in [1.165, 1.54) is 0 Å². The zero-order valence-corrected chi connectivity index (χ0v) is 15.6. The maximum atomic E-state index is 10.6. The van der Waals surface area contributed by atoms with E-state index in [-0.39, 0.29) is 6.42 Å². The smallest absolute Gasteiger partial charge is 0.305 e. The minimum absolute atomic E-state index is 0.0286. The lowest BCUT2D eigenvalue weighted by Crippen LogP contribution is -2.22. The van der Waals surface area contributed by atoms with Crippen molar-refractivity contribution in [1.29, 1.82) is 0 Å². The maximum Gasteiger partial charge on any atom is 0.305 e. The summed E-state index contributed by atoms with van der Waals surface area (Å²) in [5.74, 6) is 0.255. The van der Waals surface area contributed by atoms with Gasteiger partial charge < -0.3 is 9.84 Å². The summed E-state index contributed by atoms with van der Waals surface area (Å²) in [4.78, 5) is 19.5. The van der Waals surface area contributed by atoms with Gasteiger partial charge in [0.15, 0.2) is 5.82 Å². The number of carboxylic acids is 1. The number of hydrogen-bond donors (Lipinski definition) is 1. The van der Waals surface area contributed by atoms with Crippen LogP contribution in [0.2, 0.25) is 25.7 Å². The number of carboxylic acid groups (broad SMARTS) is 1. The van der Waals surface area contributed by atoms with Crippen molar-refractivity contribution in [2.45, 2.75) is 45.6 Å². The molecule has 8 heteroatoms. The van der Waals surface area contributed by atoms with Crippen molar-refractivity contribution in [2.24, 2.45) is 0 Å². The Hall–Kier alpha value is -2.22. The maximum absolute atomic E-state index is 10.6. The molecule has 7 nitrogen and oxygen atoms in total. The quantitative estimate of drug-likeness (QED) is 0.738. The number of carbonyl (C=O) groups is 1. The van der Waals surface area contributed by atoms with E-state index in [4.69, 9.17) is 9.84 Å². The van der Waals surface area contributed by atoms with Crippen LogP contribution in [-0.4, -0.2) is 45.5 Å². The normalized spacial score (nSPS) is 11.5. The zero-order valence-electron chi connectivity index (χ0n) is 14.6. The molecular formula is C16H24N4O3Si. The Balaban J connectivity index is 2.09. The lowest BCUT2D eigenvalue weighted by atomic mass is 10.3. The van der Waals surface area contributed by atoms with E-state index in [2.05, 4.69) is 34.7 Å². The molecule has 130 valence electrons. The van der Waals surface area contributed by atoms with Crippen LogP contribution in [0.4, 0.5) is 0 Å². The average molecular weight is 348 g/mol. The fourth-order valence-corrected chi connectivity index (χ4v) is 2.73. The fourth-order valence-electron chi connectivity index (χ4n) is 2.02. The van der Waals surface area contributed by atoms with Crippen molar-refractivity contribution in [1.82, 2.24) is 19.7 Å². The van der Waals surface area contributed by atoms with Crippen molar-refractivity contribution < 1.29 is 14.6 Å². The first-order valence-electron chi connectivity index (χ1n) is 7.96. The van der Waals surface area contributed by atoms with Crippen LogP contribution >= 0.6 is 0 Å². The molecule has 0 atom stereocenters. The summed E-state index contributed by atoms with van der Waals surface area (Å²) in [7, 11) is -1.15. The number of rotatable bonds is 8. The monoisotopic (exact) mass is 348 g/mol. The lowest BCUT2D eigenvalue weighted by molar-refractivity contribution is -0.137. The predicted octanol–water partition coefficient (Wildman–Crippen LogP) is 2.84. The van der Waals surface area contributed by atoms with E-state index < -0.39 is 14.0 Å². The van der Waals surface area contributed by atoms with Crippen LogP contribution < -0.4 is 4.74 Å². The number of aryl methyl sites for hydroxylation is 2. The molecule has 2 rings (SSSR count). The van der Waals surface area contributed by atoms with Gasteiger partial charge in [-0.25, -0.2) is 4.98 Å². The molecule has 1 N–H and O–H groups in total. The molecule has 0 fully saturated rings. The van der Waals surface area contributed by atoms with E-state index in [0.29, 0.717) is 24.9 Å². The van der Waals surface area contributed by atoms with Gasteiger partial charge in [-0.3, -0.25) is 9.48 Å². The number of ether oxygens (including phenoxy) is 1. The van der Waals surface area contributed by atoms with Crippen LogP contribution in [0.3, 0.4) is 0 Å². The molecule has 2 aromatic rings. The van der Waals surface area contributed by atoms with E-state index in [1.54, 1.807) is 17.1 Å². The van der Waals surface area contributed by atoms with Crippen LogP contribution in [0.5, 0.6) is 5.88 Å². The van der Waals surface area contributed by atoms with E-state index in [9.17, 15) is 4.79 Å². The molecule has 0 saturated carbocycles. The number of hydrogen-bond acceptors (Lipinski definition) is 5. The molecule has 0 aliphatic heterocycles. The Kier molecular flexibility index (Phi) is 5.71. The summed E-state index contributed by atoms with van der Waals surface area (Å²) >= 11 is 0. The second-order valence-electron chi connectivity index (χ2n) is 6.97. The summed E-state index contributed by atoms with van der Waals surface area (Å²) in [6, 6.07) is 2.89. The van der Waals surface area contributed by atoms with Crippen molar-refractivity contribution in [3.63, 3.8) is 0 Å². The third kappa shape index (κ3) is 5.77. The van der Waals surface area contributed by atoms with Crippen LogP contribution in [0.25, 0.3) is 11.4 Å². The highest BCUT2D eigenvalue weighted by Gasteiger charge is 2.14. The first-order valence-corrected chi connectivity index (χ1v) is 11.7. The summed E-state index contributed by atoms with van der Waals surface area (Å²) in [6.07, 6.45) is 3.42. The standard InChI is InChI=1S/C16H24N4O3Si/c1-12-9-14(23-7-8-24(2,3)4)19-16(18-12)13-10-17-20(11-13)6-5-15(21)22/h9-11H,5-8H2,1-4H3,(H,21,22). The summed E-state index contributed by atoms with van der Waals surface area (Å²) in [5.41, 5.74) is 1.57. The SMILES string of the molecule is Cc1cc(OCC[Si](C)(C)C)nc(-c2cnn(CCC(=O)O)c2)n1. The number of aromatic nitrogens is 4. The van der Waals surface area contributed by atoms with E-state index in [1.807, 2.05) is 13.0 Å². The molecule has 0 aromatic carbocycles. The van der Waals surface area contributed by atoms with Gasteiger partial charge in [0.05, 0.1) is 31.3 Å². The average Bonchev–Trinajstić information content (AvgIpc) is 2.92. The molecule has 0 aliphatic rings. The summed E-state index contributed by atoms with van der Waals surface area (Å²) in [6.45, 7) is 9.78. The Bertz CT molecular complexity index is 710. The van der Waals surface area contributed by atoms with E-state index >= 15 is 0 Å². The predicted molar refractivity (Wildman–Crippen MR) is 93.9 cm³/mol. The summed E-state index contributed by atoms with van der Waals surface area (Å²) < 4.78 is 7.37. The van der Waals surface area contributed by atoms with Gasteiger partial charge in [0.25, 0.3) is 0 Å². The molecule has 0 spiro atoms. The van der Waals surface area contributed by atoms with Gasteiger partial charge in [0.2, 0.25) is 5.88 Å². The van der Waals surface area contributed by atoms with Gasteiger partial charge in [-0.1, -0.05) is 19.6 Å². The Labute approximate surface area is 142 Å². The van der Waals surface area contributed by atoms with Crippen molar-refractivity contribution in [3.05, 3.63) is 24.2 Å². The minimum Gasteiger partial charge on any atom is -0.481 e. The molecule has 0 amide bonds. The van der Waals surface area contributed by atoms with Gasteiger partial charge in [-0.2, -0.15) is 10.1 Å². The van der Waals surface area contributed by atoms with Crippen molar-refractivity contribution in [2.75, 3.05) is 6.61 Å². The molecule has 24 heavy (non-hydrogen) atoms. The van der Waals surface area contributed by atoms with Gasteiger partial charge in [-0.05, 0) is 13.0 Å². The molecule has 0 unspecified atom stereocenters. The van der Waals surface area contributed by atoms with Crippen LogP contribution in [0.1, 0.15) is 12.1 Å². The zero-order chi connectivity index (χ0) is 17.7. The first kappa shape index (κ1) is 18.1. The molecule has 0 radical (unpaired) electrons. The van der Waals surface area contributed by atoms with Gasteiger partial charge in [0, 0.05) is 26.0 Å². The molecule has 0 saturated heterocycles. The summed E-state index contributed by atoms with van der Waals surface area (Å²) in [5, 5.41) is 12.9. The van der Waals surface area contributed by atoms with Crippen LogP contribution in [0, 0.1) is 6.92 Å². The topological polar surface area (TPSA) is 90.1 Å². The Morgan fingerprint density at radius 3 is 2.75 bits per heavy atom. The Morgan fingerprint density at radius 2 is 2.08 bits per heavy atom. The minimum atomic E-state index is -1.15. The highest BCUT2D eigenvalue weighted by molar-refractivity contribution is 6.76. The van der Waals surface area contributed by atoms with Gasteiger partial charge in [-0.15, -0.1) is 0 Å². The third-order valence-corrected chi connectivity index (χ3v) is 5.08. The fraction of sp³-hybridized carbons (Fsp3) is 0.500. The highest BCUT2D eigenvalue weighted by atomic mass is 28.3. The molecular weight excluding hydrogens is 324 g/mol. The number of nitrogens with zero attached hydrogens (tertiary/aromatic N) is 4. The van der Waals surface area contributed by atoms with E-state index in [0.717, 1.165) is 17.3 Å². The molecule has 2 aromatic heterocycles. The molecule has 0 bridgehead atoms. The third-order valence-electron chi connectivity index (χ3n) is 3.38. The second-order valence-corrected chi connectivity index (χ2v) is 12.6. The van der Waals surface area contributed by atoms with Gasteiger partial charge >= 0.3 is 5.97 Å². The lowest BCUT2D eigenvalue weighted by Gasteiger charge is -2.15. The molecule has 2 heterocycles. The van der Waals surface area contributed by atoms with Crippen molar-refractivity contribution in [3.8, 4) is 17.3 Å². The number of aliphatic carboxylic acids is 1. The Morgan fingerprint density at radius 1 is 1.33 bits per heavy atom. The second kappa shape index (κ2) is 7.56. The first-order chi connectivity index (χ1) is 11.2. The van der Waals surface area contributed by atoms with Crippen LogP contribution in [0.15, 0.2) is 18.5 Å². The van der Waals surface area contributed by atoms with Crippen LogP contribution in [-0.2, 0) is 11.3 Å². The largest absolute Gasteiger partial charge is 0.481 e. The van der Waals surface area contributed by atoms with Gasteiger partial charge in [0.1, 0.15) is 0 Å². The van der Waals surface area contributed by atoms with Crippen molar-refractivity contribution >= 4 is 14.0 Å².